The fourth-order valence-electron chi connectivity index (χ4n) is 2.27. The number of morpholine rings is 1. The molecule has 4 nitrogen and oxygen atoms in total. The van der Waals surface area contributed by atoms with Crippen molar-refractivity contribution in [3.05, 3.63) is 35.1 Å². The van der Waals surface area contributed by atoms with Gasteiger partial charge in [0.05, 0.1) is 24.3 Å². The molecule has 0 bridgehead atoms. The molecule has 0 saturated carbocycles. The van der Waals surface area contributed by atoms with Crippen LogP contribution in [0.4, 0.5) is 4.39 Å². The smallest absolute Gasteiger partial charge is 0.124 e. The summed E-state index contributed by atoms with van der Waals surface area (Å²) >= 11 is 0. The lowest BCUT2D eigenvalue weighted by Gasteiger charge is -2.28. The van der Waals surface area contributed by atoms with Gasteiger partial charge in [-0.05, 0) is 30.8 Å². The molecule has 0 amide bonds. The van der Waals surface area contributed by atoms with E-state index in [1.165, 1.54) is 12.1 Å². The quantitative estimate of drug-likeness (QED) is 0.884. The van der Waals surface area contributed by atoms with Crippen molar-refractivity contribution in [3.8, 4) is 6.07 Å². The normalized spacial score (nSPS) is 19.4. The number of nitrogens with one attached hydrogen (secondary N) is 1. The summed E-state index contributed by atoms with van der Waals surface area (Å²) in [7, 11) is 1.97. The number of rotatable bonds is 4. The molecule has 1 fully saturated rings. The van der Waals surface area contributed by atoms with Gasteiger partial charge in [-0.15, -0.1) is 0 Å². The van der Waals surface area contributed by atoms with Gasteiger partial charge in [-0.25, -0.2) is 4.39 Å². The van der Waals surface area contributed by atoms with Gasteiger partial charge in [0.15, 0.2) is 0 Å². The first-order chi connectivity index (χ1) is 9.17. The molecule has 5 heteroatoms. The van der Waals surface area contributed by atoms with Crippen molar-refractivity contribution in [2.45, 2.75) is 12.6 Å². The minimum absolute atomic E-state index is 0.169. The van der Waals surface area contributed by atoms with Crippen LogP contribution in [0.5, 0.6) is 0 Å². The number of nitrogens with zero attached hydrogens (tertiary/aromatic N) is 2. The third kappa shape index (κ3) is 4.28. The minimum Gasteiger partial charge on any atom is -0.374 e. The maximum Gasteiger partial charge on any atom is 0.124 e. The minimum atomic E-state index is -0.363. The van der Waals surface area contributed by atoms with E-state index in [1.807, 2.05) is 13.1 Å². The Hall–Kier alpha value is -1.48. The number of hydrogen-bond donors (Lipinski definition) is 1. The molecule has 1 aliphatic rings. The highest BCUT2D eigenvalue weighted by Crippen LogP contribution is 2.11. The summed E-state index contributed by atoms with van der Waals surface area (Å²) < 4.78 is 18.9. The van der Waals surface area contributed by atoms with Crippen molar-refractivity contribution in [3.63, 3.8) is 0 Å². The SMILES string of the molecule is CN(Cc1cc(F)cc(C#N)c1)CC1CNCCO1. The predicted octanol–water partition coefficient (Wildman–Crippen LogP) is 1.12. The Balaban J connectivity index is 1.92. The Morgan fingerprint density at radius 1 is 1.53 bits per heavy atom. The molecule has 0 aliphatic carbocycles. The van der Waals surface area contributed by atoms with Crippen molar-refractivity contribution in [1.82, 2.24) is 10.2 Å². The van der Waals surface area contributed by atoms with Gasteiger partial charge in [-0.3, -0.25) is 4.90 Å². The van der Waals surface area contributed by atoms with Crippen LogP contribution in [0.2, 0.25) is 0 Å². The van der Waals surface area contributed by atoms with Gasteiger partial charge >= 0.3 is 0 Å². The van der Waals surface area contributed by atoms with E-state index in [9.17, 15) is 4.39 Å². The lowest BCUT2D eigenvalue weighted by atomic mass is 10.1. The van der Waals surface area contributed by atoms with Gasteiger partial charge in [0.1, 0.15) is 5.82 Å². The van der Waals surface area contributed by atoms with E-state index < -0.39 is 0 Å². The van der Waals surface area contributed by atoms with Gasteiger partial charge in [0.25, 0.3) is 0 Å². The van der Waals surface area contributed by atoms with Crippen LogP contribution in [0.15, 0.2) is 18.2 Å². The van der Waals surface area contributed by atoms with Gasteiger partial charge in [0.2, 0.25) is 0 Å². The predicted molar refractivity (Wildman–Crippen MR) is 70.1 cm³/mol. The summed E-state index contributed by atoms with van der Waals surface area (Å²) in [5.74, 6) is -0.363. The van der Waals surface area contributed by atoms with Crippen LogP contribution in [-0.2, 0) is 11.3 Å². The molecule has 1 N–H and O–H groups in total. The molecule has 0 radical (unpaired) electrons. The molecule has 1 heterocycles. The zero-order valence-corrected chi connectivity index (χ0v) is 11.0. The van der Waals surface area contributed by atoms with Crippen LogP contribution < -0.4 is 5.32 Å². The van der Waals surface area contributed by atoms with E-state index in [4.69, 9.17) is 10.00 Å². The third-order valence-corrected chi connectivity index (χ3v) is 3.06. The zero-order valence-electron chi connectivity index (χ0n) is 11.0. The van der Waals surface area contributed by atoms with Crippen LogP contribution in [0.1, 0.15) is 11.1 Å². The summed E-state index contributed by atoms with van der Waals surface area (Å²) in [6.45, 7) is 3.86. The Kier molecular flexibility index (Phi) is 4.86. The van der Waals surface area contributed by atoms with E-state index in [0.29, 0.717) is 12.1 Å². The van der Waals surface area contributed by atoms with E-state index in [-0.39, 0.29) is 11.9 Å². The largest absolute Gasteiger partial charge is 0.374 e. The highest BCUT2D eigenvalue weighted by Gasteiger charge is 2.15. The van der Waals surface area contributed by atoms with Gasteiger partial charge in [0, 0.05) is 26.2 Å². The van der Waals surface area contributed by atoms with Crippen molar-refractivity contribution in [2.75, 3.05) is 33.3 Å². The molecule has 1 aromatic carbocycles. The second-order valence-electron chi connectivity index (χ2n) is 4.85. The maximum atomic E-state index is 13.3. The molecule has 102 valence electrons. The number of likely N-dealkylation sites (N-methyl/N-ethyl adjacent to an activating group) is 1. The average Bonchev–Trinajstić information content (AvgIpc) is 2.38. The monoisotopic (exact) mass is 263 g/mol. The Morgan fingerprint density at radius 2 is 2.37 bits per heavy atom. The van der Waals surface area contributed by atoms with E-state index in [0.717, 1.165) is 31.8 Å². The van der Waals surface area contributed by atoms with Gasteiger partial charge in [-0.1, -0.05) is 0 Å². The van der Waals surface area contributed by atoms with Crippen molar-refractivity contribution >= 4 is 0 Å². The van der Waals surface area contributed by atoms with E-state index in [1.54, 1.807) is 6.07 Å². The number of ether oxygens (including phenoxy) is 1. The molecule has 1 saturated heterocycles. The van der Waals surface area contributed by atoms with Crippen LogP contribution in [0.25, 0.3) is 0 Å². The van der Waals surface area contributed by atoms with Crippen LogP contribution in [0.3, 0.4) is 0 Å². The van der Waals surface area contributed by atoms with E-state index in [2.05, 4.69) is 10.2 Å². The average molecular weight is 263 g/mol. The molecular weight excluding hydrogens is 245 g/mol. The summed E-state index contributed by atoms with van der Waals surface area (Å²) in [4.78, 5) is 2.08. The molecule has 1 atom stereocenters. The summed E-state index contributed by atoms with van der Waals surface area (Å²) in [5.41, 5.74) is 1.17. The highest BCUT2D eigenvalue weighted by molar-refractivity contribution is 5.33. The maximum absolute atomic E-state index is 13.3. The Labute approximate surface area is 112 Å². The molecule has 19 heavy (non-hydrogen) atoms. The molecule has 1 aromatic rings. The van der Waals surface area contributed by atoms with Crippen molar-refractivity contribution in [2.24, 2.45) is 0 Å². The first kappa shape index (κ1) is 13.9. The molecule has 1 unspecified atom stereocenters. The first-order valence-electron chi connectivity index (χ1n) is 6.38. The molecule has 1 aliphatic heterocycles. The topological polar surface area (TPSA) is 48.3 Å². The Morgan fingerprint density at radius 3 is 3.05 bits per heavy atom. The summed E-state index contributed by atoms with van der Waals surface area (Å²) in [5, 5.41) is 12.1. The lowest BCUT2D eigenvalue weighted by Crippen LogP contribution is -2.44. The second kappa shape index (κ2) is 6.62. The number of benzene rings is 1. The van der Waals surface area contributed by atoms with Crippen molar-refractivity contribution in [1.29, 1.82) is 5.26 Å². The van der Waals surface area contributed by atoms with Crippen molar-refractivity contribution < 1.29 is 9.13 Å². The third-order valence-electron chi connectivity index (χ3n) is 3.06. The number of nitriles is 1. The van der Waals surface area contributed by atoms with E-state index >= 15 is 0 Å². The number of halogens is 1. The van der Waals surface area contributed by atoms with Crippen LogP contribution in [0, 0.1) is 17.1 Å². The molecule has 0 spiro atoms. The zero-order chi connectivity index (χ0) is 13.7. The van der Waals surface area contributed by atoms with Crippen LogP contribution >= 0.6 is 0 Å². The highest BCUT2D eigenvalue weighted by atomic mass is 19.1. The lowest BCUT2D eigenvalue weighted by molar-refractivity contribution is 0.00884. The fourth-order valence-corrected chi connectivity index (χ4v) is 2.27. The van der Waals surface area contributed by atoms with Crippen LogP contribution in [-0.4, -0.2) is 44.3 Å². The molecular formula is C14H18FN3O. The molecule has 2 rings (SSSR count). The first-order valence-corrected chi connectivity index (χ1v) is 6.38. The molecule has 0 aromatic heterocycles. The standard InChI is InChI=1S/C14H18FN3O/c1-18(10-14-8-17-2-3-19-14)9-12-4-11(7-16)5-13(15)6-12/h4-6,14,17H,2-3,8-10H2,1H3. The van der Waals surface area contributed by atoms with Gasteiger partial charge < -0.3 is 10.1 Å². The fraction of sp³-hybridized carbons (Fsp3) is 0.500. The number of hydrogen-bond acceptors (Lipinski definition) is 4. The summed E-state index contributed by atoms with van der Waals surface area (Å²) in [6, 6.07) is 6.41. The second-order valence-corrected chi connectivity index (χ2v) is 4.85. The summed E-state index contributed by atoms with van der Waals surface area (Å²) in [6.07, 6.45) is 0.169. The Bertz CT molecular complexity index is 466. The van der Waals surface area contributed by atoms with Gasteiger partial charge in [-0.2, -0.15) is 5.26 Å².